The summed E-state index contributed by atoms with van der Waals surface area (Å²) < 4.78 is 11.2. The van der Waals surface area contributed by atoms with Crippen molar-refractivity contribution >= 4 is 11.9 Å². The van der Waals surface area contributed by atoms with Crippen LogP contribution >= 0.6 is 0 Å². The highest BCUT2D eigenvalue weighted by Crippen LogP contribution is 2.33. The first-order chi connectivity index (χ1) is 11.8. The van der Waals surface area contributed by atoms with Gasteiger partial charge in [0.1, 0.15) is 6.61 Å². The van der Waals surface area contributed by atoms with Crippen molar-refractivity contribution in [3.63, 3.8) is 0 Å². The van der Waals surface area contributed by atoms with E-state index in [4.69, 9.17) is 9.47 Å². The Kier molecular flexibility index (Phi) is 6.65. The molecule has 0 amide bonds. The van der Waals surface area contributed by atoms with Gasteiger partial charge in [-0.2, -0.15) is 5.10 Å². The molecule has 1 N–H and O–H groups in total. The molecule has 24 heavy (non-hydrogen) atoms. The van der Waals surface area contributed by atoms with E-state index in [0.29, 0.717) is 24.5 Å². The zero-order valence-corrected chi connectivity index (χ0v) is 13.9. The van der Waals surface area contributed by atoms with Crippen molar-refractivity contribution in [3.05, 3.63) is 78.9 Å². The average Bonchev–Trinajstić information content (AvgIpc) is 2.61. The molecule has 0 aromatic heterocycles. The number of hydrazone groups is 1. The summed E-state index contributed by atoms with van der Waals surface area (Å²) in [5.41, 5.74) is 5.83. The zero-order chi connectivity index (χ0) is 17.2. The molecule has 0 radical (unpaired) electrons. The van der Waals surface area contributed by atoms with E-state index in [1.165, 1.54) is 0 Å². The minimum atomic E-state index is 0.420. The Morgan fingerprint density at radius 1 is 1.12 bits per heavy atom. The van der Waals surface area contributed by atoms with Gasteiger partial charge in [-0.3, -0.25) is 5.43 Å². The van der Waals surface area contributed by atoms with Gasteiger partial charge in [-0.1, -0.05) is 36.9 Å². The molecular weight excluding hydrogens is 300 g/mol. The third-order valence-electron chi connectivity index (χ3n) is 3.26. The quantitative estimate of drug-likeness (QED) is 0.422. The third kappa shape index (κ3) is 4.74. The number of rotatable bonds is 9. The SMILES string of the molecule is C=CCOc1c(CC=C)cc(C=NNc2ccccc2)cc1OC. The van der Waals surface area contributed by atoms with Crippen molar-refractivity contribution in [2.45, 2.75) is 6.42 Å². The van der Waals surface area contributed by atoms with Crippen LogP contribution in [0.4, 0.5) is 5.69 Å². The van der Waals surface area contributed by atoms with Crippen LogP contribution in [0.1, 0.15) is 11.1 Å². The average molecular weight is 322 g/mol. The van der Waals surface area contributed by atoms with Crippen molar-refractivity contribution in [2.24, 2.45) is 5.10 Å². The van der Waals surface area contributed by atoms with Gasteiger partial charge in [0.25, 0.3) is 0 Å². The Labute approximate surface area is 143 Å². The first kappa shape index (κ1) is 17.3. The maximum absolute atomic E-state index is 5.74. The fourth-order valence-corrected chi connectivity index (χ4v) is 2.22. The normalized spacial score (nSPS) is 10.4. The lowest BCUT2D eigenvalue weighted by atomic mass is 10.1. The van der Waals surface area contributed by atoms with Gasteiger partial charge in [-0.15, -0.1) is 6.58 Å². The summed E-state index contributed by atoms with van der Waals surface area (Å²) in [7, 11) is 1.62. The Bertz CT molecular complexity index is 709. The van der Waals surface area contributed by atoms with Crippen LogP contribution in [0, 0.1) is 0 Å². The first-order valence-electron chi connectivity index (χ1n) is 7.68. The number of nitrogens with one attached hydrogen (secondary N) is 1. The van der Waals surface area contributed by atoms with Crippen LogP contribution < -0.4 is 14.9 Å². The molecule has 2 rings (SSSR count). The highest BCUT2D eigenvalue weighted by molar-refractivity contribution is 5.82. The van der Waals surface area contributed by atoms with Crippen molar-refractivity contribution in [2.75, 3.05) is 19.1 Å². The minimum absolute atomic E-state index is 0.420. The maximum Gasteiger partial charge on any atom is 0.165 e. The Morgan fingerprint density at radius 2 is 1.92 bits per heavy atom. The summed E-state index contributed by atoms with van der Waals surface area (Å²) in [6.45, 7) is 7.90. The molecule has 2 aromatic carbocycles. The number of benzene rings is 2. The Hall–Kier alpha value is -3.01. The number of hydrogen-bond donors (Lipinski definition) is 1. The third-order valence-corrected chi connectivity index (χ3v) is 3.26. The van der Waals surface area contributed by atoms with Crippen molar-refractivity contribution in [1.29, 1.82) is 0 Å². The molecule has 2 aromatic rings. The van der Waals surface area contributed by atoms with Gasteiger partial charge >= 0.3 is 0 Å². The largest absolute Gasteiger partial charge is 0.493 e. The second-order valence-electron chi connectivity index (χ2n) is 5.04. The summed E-state index contributed by atoms with van der Waals surface area (Å²) in [4.78, 5) is 0. The molecule has 4 heteroatoms. The van der Waals surface area contributed by atoms with Crippen LogP contribution in [-0.4, -0.2) is 19.9 Å². The number of nitrogens with zero attached hydrogens (tertiary/aromatic N) is 1. The second-order valence-corrected chi connectivity index (χ2v) is 5.04. The van der Waals surface area contributed by atoms with Gasteiger partial charge in [0, 0.05) is 5.56 Å². The molecular formula is C20H22N2O2. The summed E-state index contributed by atoms with van der Waals surface area (Å²) in [6, 6.07) is 13.7. The predicted molar refractivity (Wildman–Crippen MR) is 100 cm³/mol. The molecule has 124 valence electrons. The Balaban J connectivity index is 2.24. The fraction of sp³-hybridized carbons (Fsp3) is 0.150. The van der Waals surface area contributed by atoms with E-state index in [1.54, 1.807) is 19.4 Å². The number of ether oxygens (including phenoxy) is 2. The van der Waals surface area contributed by atoms with Crippen LogP contribution in [-0.2, 0) is 6.42 Å². The predicted octanol–water partition coefficient (Wildman–Crippen LogP) is 4.43. The molecule has 0 fully saturated rings. The summed E-state index contributed by atoms with van der Waals surface area (Å²) in [5, 5.41) is 4.27. The van der Waals surface area contributed by atoms with Gasteiger partial charge in [-0.25, -0.2) is 0 Å². The van der Waals surface area contributed by atoms with E-state index in [-0.39, 0.29) is 0 Å². The van der Waals surface area contributed by atoms with Crippen molar-refractivity contribution in [3.8, 4) is 11.5 Å². The Morgan fingerprint density at radius 3 is 2.58 bits per heavy atom. The van der Waals surface area contributed by atoms with Crippen molar-refractivity contribution < 1.29 is 9.47 Å². The molecule has 0 saturated carbocycles. The van der Waals surface area contributed by atoms with Gasteiger partial charge in [0.2, 0.25) is 0 Å². The summed E-state index contributed by atoms with van der Waals surface area (Å²) in [6.07, 6.45) is 5.96. The van der Waals surface area contributed by atoms with Crippen molar-refractivity contribution in [1.82, 2.24) is 0 Å². The number of methoxy groups -OCH3 is 1. The summed E-state index contributed by atoms with van der Waals surface area (Å²) >= 11 is 0. The zero-order valence-electron chi connectivity index (χ0n) is 13.9. The smallest absolute Gasteiger partial charge is 0.165 e. The van der Waals surface area contributed by atoms with Gasteiger partial charge in [0.05, 0.1) is 19.0 Å². The number of allylic oxidation sites excluding steroid dienone is 1. The van der Waals surface area contributed by atoms with Crippen LogP contribution in [0.2, 0.25) is 0 Å². The minimum Gasteiger partial charge on any atom is -0.493 e. The van der Waals surface area contributed by atoms with Crippen LogP contribution in [0.5, 0.6) is 11.5 Å². The van der Waals surface area contributed by atoms with E-state index < -0.39 is 0 Å². The number of anilines is 1. The lowest BCUT2D eigenvalue weighted by molar-refractivity contribution is 0.323. The van der Waals surface area contributed by atoms with E-state index in [2.05, 4.69) is 23.7 Å². The van der Waals surface area contributed by atoms with E-state index in [1.807, 2.05) is 48.5 Å². The molecule has 0 atom stereocenters. The van der Waals surface area contributed by atoms with E-state index >= 15 is 0 Å². The monoisotopic (exact) mass is 322 g/mol. The summed E-state index contributed by atoms with van der Waals surface area (Å²) in [5.74, 6) is 1.38. The van der Waals surface area contributed by atoms with E-state index in [0.717, 1.165) is 16.8 Å². The molecule has 0 unspecified atom stereocenters. The lowest BCUT2D eigenvalue weighted by Gasteiger charge is -2.14. The molecule has 0 heterocycles. The second kappa shape index (κ2) is 9.20. The highest BCUT2D eigenvalue weighted by atomic mass is 16.5. The molecule has 4 nitrogen and oxygen atoms in total. The van der Waals surface area contributed by atoms with E-state index in [9.17, 15) is 0 Å². The first-order valence-corrected chi connectivity index (χ1v) is 7.68. The van der Waals surface area contributed by atoms with Gasteiger partial charge < -0.3 is 9.47 Å². The van der Waals surface area contributed by atoms with Crippen LogP contribution in [0.3, 0.4) is 0 Å². The van der Waals surface area contributed by atoms with Crippen LogP contribution in [0.25, 0.3) is 0 Å². The fourth-order valence-electron chi connectivity index (χ4n) is 2.22. The molecule has 0 aliphatic heterocycles. The van der Waals surface area contributed by atoms with Crippen LogP contribution in [0.15, 0.2) is 72.9 Å². The molecule has 0 aliphatic rings. The van der Waals surface area contributed by atoms with Gasteiger partial charge in [0.15, 0.2) is 11.5 Å². The molecule has 0 aliphatic carbocycles. The lowest BCUT2D eigenvalue weighted by Crippen LogP contribution is -2.02. The number of hydrogen-bond acceptors (Lipinski definition) is 4. The van der Waals surface area contributed by atoms with Gasteiger partial charge in [-0.05, 0) is 36.2 Å². The molecule has 0 bridgehead atoms. The molecule has 0 spiro atoms. The number of para-hydroxylation sites is 1. The standard InChI is InChI=1S/C20H22N2O2/c1-4-9-17-13-16(14-19(23-3)20(17)24-12-5-2)15-21-22-18-10-7-6-8-11-18/h4-8,10-11,13-15,22H,1-2,9,12H2,3H3. The topological polar surface area (TPSA) is 42.8 Å². The maximum atomic E-state index is 5.74. The molecule has 0 saturated heterocycles. The highest BCUT2D eigenvalue weighted by Gasteiger charge is 2.11.